The fourth-order valence-electron chi connectivity index (χ4n) is 3.24. The second-order valence-corrected chi connectivity index (χ2v) is 7.56. The zero-order valence-corrected chi connectivity index (χ0v) is 17.9. The molecule has 9 heteroatoms. The first-order valence-electron chi connectivity index (χ1n) is 9.38. The molecule has 1 aromatic heterocycles. The van der Waals surface area contributed by atoms with Gasteiger partial charge in [-0.15, -0.1) is 10.2 Å². The van der Waals surface area contributed by atoms with Gasteiger partial charge in [0, 0.05) is 16.8 Å². The van der Waals surface area contributed by atoms with E-state index in [0.717, 1.165) is 22.6 Å². The zero-order chi connectivity index (χ0) is 21.1. The quantitative estimate of drug-likeness (QED) is 0.583. The number of aromatic nitrogens is 3. The van der Waals surface area contributed by atoms with E-state index in [4.69, 9.17) is 18.9 Å². The van der Waals surface area contributed by atoms with Gasteiger partial charge in [-0.3, -0.25) is 0 Å². The number of hydrogen-bond donors (Lipinski definition) is 1. The number of nitrogens with one attached hydrogen (secondary N) is 1. The normalized spacial score (nSPS) is 14.5. The maximum Gasteiger partial charge on any atom is 0.247 e. The highest BCUT2D eigenvalue weighted by Crippen LogP contribution is 2.43. The van der Waals surface area contributed by atoms with Crippen LogP contribution in [0.1, 0.15) is 18.7 Å². The van der Waals surface area contributed by atoms with Crippen LogP contribution in [0.15, 0.2) is 41.6 Å². The third kappa shape index (κ3) is 3.68. The Bertz CT molecular complexity index is 1040. The zero-order valence-electron chi connectivity index (χ0n) is 17.1. The van der Waals surface area contributed by atoms with Gasteiger partial charge in [0.25, 0.3) is 0 Å². The second-order valence-electron chi connectivity index (χ2n) is 6.33. The van der Waals surface area contributed by atoms with E-state index >= 15 is 0 Å². The number of hydrogen-bond acceptors (Lipinski definition) is 9. The molecule has 8 nitrogen and oxygen atoms in total. The third-order valence-electron chi connectivity index (χ3n) is 4.60. The number of methoxy groups -OCH3 is 3. The van der Waals surface area contributed by atoms with Gasteiger partial charge in [-0.05, 0) is 24.0 Å². The molecule has 1 aliphatic heterocycles. The summed E-state index contributed by atoms with van der Waals surface area (Å²) in [6.07, 6.45) is -0.558. The molecule has 30 heavy (non-hydrogen) atoms. The van der Waals surface area contributed by atoms with Gasteiger partial charge in [-0.2, -0.15) is 4.98 Å². The van der Waals surface area contributed by atoms with Gasteiger partial charge >= 0.3 is 0 Å². The number of nitrogens with zero attached hydrogens (tertiary/aromatic N) is 3. The van der Waals surface area contributed by atoms with Gasteiger partial charge in [0.1, 0.15) is 0 Å². The van der Waals surface area contributed by atoms with Gasteiger partial charge in [-0.1, -0.05) is 36.9 Å². The van der Waals surface area contributed by atoms with E-state index in [1.807, 2.05) is 43.3 Å². The van der Waals surface area contributed by atoms with Crippen LogP contribution in [0.2, 0.25) is 0 Å². The lowest BCUT2D eigenvalue weighted by molar-refractivity contribution is 0.223. The van der Waals surface area contributed by atoms with Crippen LogP contribution in [0, 0.1) is 0 Å². The van der Waals surface area contributed by atoms with Crippen LogP contribution in [0.3, 0.4) is 0 Å². The lowest BCUT2D eigenvalue weighted by Crippen LogP contribution is -2.17. The topological polar surface area (TPSA) is 87.6 Å². The van der Waals surface area contributed by atoms with Crippen molar-refractivity contribution >= 4 is 17.4 Å². The Kier molecular flexibility index (Phi) is 5.80. The molecule has 0 unspecified atom stereocenters. The van der Waals surface area contributed by atoms with Gasteiger partial charge in [0.15, 0.2) is 23.4 Å². The minimum absolute atomic E-state index is 0.414. The number of thioether (sulfide) groups is 1. The highest BCUT2D eigenvalue weighted by molar-refractivity contribution is 7.99. The first-order chi connectivity index (χ1) is 14.7. The summed E-state index contributed by atoms with van der Waals surface area (Å²) in [6.45, 7) is 2.04. The summed E-state index contributed by atoms with van der Waals surface area (Å²) in [5.41, 5.74) is 3.11. The SMILES string of the molecule is CCSc1nnc2c(n1)O[C@@H](c1cc(OC)c(OC)c(OC)c1)Nc1ccccc1-2. The number of ether oxygens (including phenoxy) is 4. The molecular weight excluding hydrogens is 404 g/mol. The number of para-hydroxylation sites is 1. The standard InChI is InChI=1S/C21H22N4O4S/c1-5-30-21-23-20-17(24-25-21)13-8-6-7-9-14(13)22-19(29-20)12-10-15(26-2)18(28-4)16(11-12)27-3/h6-11,19,22H,5H2,1-4H3/t19-/m0/s1. The van der Waals surface area contributed by atoms with Crippen molar-refractivity contribution in [3.8, 4) is 34.4 Å². The maximum absolute atomic E-state index is 6.29. The Labute approximate surface area is 178 Å². The molecule has 0 saturated heterocycles. The van der Waals surface area contributed by atoms with E-state index in [-0.39, 0.29) is 0 Å². The molecule has 2 aromatic carbocycles. The second kappa shape index (κ2) is 8.66. The molecular formula is C21H22N4O4S. The molecule has 2 heterocycles. The molecule has 0 fully saturated rings. The largest absolute Gasteiger partial charge is 0.493 e. The van der Waals surface area contributed by atoms with E-state index in [1.165, 1.54) is 11.8 Å². The highest BCUT2D eigenvalue weighted by atomic mass is 32.2. The van der Waals surface area contributed by atoms with Crippen molar-refractivity contribution in [1.29, 1.82) is 0 Å². The number of anilines is 1. The van der Waals surface area contributed by atoms with Crippen LogP contribution < -0.4 is 24.3 Å². The summed E-state index contributed by atoms with van der Waals surface area (Å²) < 4.78 is 22.7. The van der Waals surface area contributed by atoms with Crippen LogP contribution in [0.4, 0.5) is 5.69 Å². The Balaban J connectivity index is 1.84. The summed E-state index contributed by atoms with van der Waals surface area (Å²) >= 11 is 1.51. The van der Waals surface area contributed by atoms with Gasteiger partial charge in [0.2, 0.25) is 16.8 Å². The summed E-state index contributed by atoms with van der Waals surface area (Å²) in [6, 6.07) is 11.5. The van der Waals surface area contributed by atoms with Gasteiger partial charge in [-0.25, -0.2) is 0 Å². The average molecular weight is 426 g/mol. The van der Waals surface area contributed by atoms with Gasteiger partial charge in [0.05, 0.1) is 21.3 Å². The molecule has 0 spiro atoms. The molecule has 4 rings (SSSR count). The van der Waals surface area contributed by atoms with E-state index in [9.17, 15) is 0 Å². The van der Waals surface area contributed by atoms with Crippen molar-refractivity contribution in [2.75, 3.05) is 32.4 Å². The molecule has 0 saturated carbocycles. The van der Waals surface area contributed by atoms with Crippen molar-refractivity contribution in [3.63, 3.8) is 0 Å². The van der Waals surface area contributed by atoms with Crippen molar-refractivity contribution in [3.05, 3.63) is 42.0 Å². The predicted molar refractivity (Wildman–Crippen MR) is 115 cm³/mol. The summed E-state index contributed by atoms with van der Waals surface area (Å²) in [7, 11) is 4.74. The van der Waals surface area contributed by atoms with Crippen LogP contribution in [-0.2, 0) is 0 Å². The Morgan fingerprint density at radius 1 is 1.03 bits per heavy atom. The van der Waals surface area contributed by atoms with Crippen LogP contribution in [0.5, 0.6) is 23.1 Å². The van der Waals surface area contributed by atoms with Crippen LogP contribution in [-0.4, -0.2) is 42.3 Å². The monoisotopic (exact) mass is 426 g/mol. The molecule has 0 bridgehead atoms. The summed E-state index contributed by atoms with van der Waals surface area (Å²) in [5, 5.41) is 12.6. The highest BCUT2D eigenvalue weighted by Gasteiger charge is 2.27. The van der Waals surface area contributed by atoms with Crippen LogP contribution in [0.25, 0.3) is 11.3 Å². The average Bonchev–Trinajstić information content (AvgIpc) is 2.94. The third-order valence-corrected chi connectivity index (χ3v) is 5.32. The van der Waals surface area contributed by atoms with E-state index < -0.39 is 6.23 Å². The van der Waals surface area contributed by atoms with Crippen molar-refractivity contribution in [1.82, 2.24) is 15.2 Å². The van der Waals surface area contributed by atoms with Gasteiger partial charge < -0.3 is 24.3 Å². The smallest absolute Gasteiger partial charge is 0.247 e. The molecule has 0 radical (unpaired) electrons. The first kappa shape index (κ1) is 20.1. The molecule has 1 aliphatic rings. The minimum Gasteiger partial charge on any atom is -0.493 e. The molecule has 156 valence electrons. The minimum atomic E-state index is -0.558. The van der Waals surface area contributed by atoms with Crippen LogP contribution >= 0.6 is 11.8 Å². The fourth-order valence-corrected chi connectivity index (χ4v) is 3.75. The summed E-state index contributed by atoms with van der Waals surface area (Å²) in [4.78, 5) is 4.60. The molecule has 1 N–H and O–H groups in total. The Morgan fingerprint density at radius 2 is 1.77 bits per heavy atom. The van der Waals surface area contributed by atoms with Crippen molar-refractivity contribution < 1.29 is 18.9 Å². The van der Waals surface area contributed by atoms with E-state index in [2.05, 4.69) is 20.5 Å². The molecule has 3 aromatic rings. The fraction of sp³-hybridized carbons (Fsp3) is 0.286. The van der Waals surface area contributed by atoms with E-state index in [1.54, 1.807) is 21.3 Å². The first-order valence-corrected chi connectivity index (χ1v) is 10.4. The molecule has 0 aliphatic carbocycles. The Hall–Kier alpha value is -3.20. The van der Waals surface area contributed by atoms with E-state index in [0.29, 0.717) is 34.0 Å². The van der Waals surface area contributed by atoms with Crippen molar-refractivity contribution in [2.45, 2.75) is 18.3 Å². The predicted octanol–water partition coefficient (Wildman–Crippen LogP) is 4.18. The lowest BCUT2D eigenvalue weighted by Gasteiger charge is -2.21. The molecule has 1 atom stereocenters. The van der Waals surface area contributed by atoms with Crippen molar-refractivity contribution in [2.24, 2.45) is 0 Å². The number of benzene rings is 2. The molecule has 0 amide bonds. The Morgan fingerprint density at radius 3 is 2.43 bits per heavy atom. The summed E-state index contributed by atoms with van der Waals surface area (Å²) in [5.74, 6) is 2.85. The maximum atomic E-state index is 6.29. The number of fused-ring (bicyclic) bond motifs is 3. The number of rotatable bonds is 6. The lowest BCUT2D eigenvalue weighted by atomic mass is 10.1.